The van der Waals surface area contributed by atoms with E-state index in [4.69, 9.17) is 24.8 Å². The number of nitrogens with one attached hydrogen (secondary N) is 2. The number of carbonyl (C=O) groups excluding carboxylic acids is 4. The molecule has 0 saturated carbocycles. The zero-order chi connectivity index (χ0) is 67.4. The van der Waals surface area contributed by atoms with Crippen molar-refractivity contribution >= 4 is 35.1 Å². The molecule has 89 heavy (non-hydrogen) atoms. The fourth-order valence-electron chi connectivity index (χ4n) is 8.81. The topological polar surface area (TPSA) is 252 Å². The van der Waals surface area contributed by atoms with Crippen molar-refractivity contribution in [3.05, 3.63) is 160 Å². The van der Waals surface area contributed by atoms with Gasteiger partial charge >= 0.3 is 11.9 Å². The van der Waals surface area contributed by atoms with Crippen molar-refractivity contribution in [2.24, 2.45) is 33.5 Å². The number of esters is 2. The van der Waals surface area contributed by atoms with Crippen LogP contribution in [0.25, 0.3) is 0 Å². The maximum Gasteiger partial charge on any atom is 0.311 e. The molecule has 6 aromatic carbocycles. The molecule has 0 aromatic heterocycles. The van der Waals surface area contributed by atoms with Gasteiger partial charge in [0.05, 0.1) is 10.8 Å². The van der Waals surface area contributed by atoms with Gasteiger partial charge in [0.2, 0.25) is 11.8 Å². The van der Waals surface area contributed by atoms with Crippen LogP contribution in [0.15, 0.2) is 115 Å². The van der Waals surface area contributed by atoms with Crippen LogP contribution in [0.4, 0.5) is 11.4 Å². The van der Waals surface area contributed by atoms with E-state index in [1.807, 2.05) is 109 Å². The van der Waals surface area contributed by atoms with Gasteiger partial charge in [-0.15, -0.1) is 0 Å². The van der Waals surface area contributed by atoms with Crippen LogP contribution < -0.4 is 10.6 Å². The largest absolute Gasteiger partial charge is 0.508 e. The van der Waals surface area contributed by atoms with Crippen LogP contribution in [-0.4, -0.2) is 59.5 Å². The number of hydrogen-bond acceptors (Lipinski definition) is 13. The molecular weight excluding hydrogens is 1120 g/mol. The third-order valence-corrected chi connectivity index (χ3v) is 17.5. The van der Waals surface area contributed by atoms with Crippen molar-refractivity contribution in [1.82, 2.24) is 0 Å². The molecular formula is C74H102N2O13. The number of benzene rings is 6. The van der Waals surface area contributed by atoms with E-state index in [0.29, 0.717) is 46.9 Å². The molecule has 0 spiro atoms. The van der Waals surface area contributed by atoms with Crippen molar-refractivity contribution in [3.8, 4) is 40.2 Å². The molecule has 0 saturated heterocycles. The number of aromatic hydroxyl groups is 7. The maximum absolute atomic E-state index is 12.0. The van der Waals surface area contributed by atoms with Gasteiger partial charge in [-0.3, -0.25) is 19.2 Å². The van der Waals surface area contributed by atoms with E-state index in [0.717, 1.165) is 66.0 Å². The molecule has 2 amide bonds. The number of ether oxygens (including phenoxy) is 2. The van der Waals surface area contributed by atoms with Crippen LogP contribution in [0.2, 0.25) is 0 Å². The van der Waals surface area contributed by atoms with Gasteiger partial charge in [-0.25, -0.2) is 0 Å². The first-order valence-corrected chi connectivity index (χ1v) is 30.9. The Hall–Kier alpha value is -8.20. The minimum Gasteiger partial charge on any atom is -0.508 e. The Balaban J connectivity index is 0.000000280. The van der Waals surface area contributed by atoms with Crippen molar-refractivity contribution < 1.29 is 64.4 Å². The van der Waals surface area contributed by atoms with E-state index in [1.165, 1.54) is 28.8 Å². The molecule has 0 heterocycles. The number of rotatable bonds is 14. The predicted molar refractivity (Wildman–Crippen MR) is 355 cm³/mol. The van der Waals surface area contributed by atoms with Crippen LogP contribution >= 0.6 is 0 Å². The quantitative estimate of drug-likeness (QED) is 0.0280. The molecule has 0 aliphatic heterocycles. The summed E-state index contributed by atoms with van der Waals surface area (Å²) in [5.74, 6) is 3.36. The number of aryl methyl sites for hydroxylation is 2. The smallest absolute Gasteiger partial charge is 0.311 e. The second-order valence-electron chi connectivity index (χ2n) is 26.2. The lowest BCUT2D eigenvalue weighted by Gasteiger charge is -2.22. The second-order valence-corrected chi connectivity index (χ2v) is 26.2. The molecule has 2 aliphatic carbocycles. The summed E-state index contributed by atoms with van der Waals surface area (Å²) in [6, 6.07) is 32.6. The van der Waals surface area contributed by atoms with E-state index in [9.17, 15) is 39.6 Å². The van der Waals surface area contributed by atoms with E-state index < -0.39 is 10.8 Å². The zero-order valence-corrected chi connectivity index (χ0v) is 56.0. The average molecular weight is 1230 g/mol. The number of phenols is 7. The van der Waals surface area contributed by atoms with Crippen LogP contribution in [0, 0.1) is 47.3 Å². The van der Waals surface area contributed by atoms with Crippen LogP contribution in [0.5, 0.6) is 40.2 Å². The minimum absolute atomic E-state index is 0.00399. The molecule has 486 valence electrons. The lowest BCUT2D eigenvalue weighted by atomic mass is 9.89. The fraction of sp³-hybridized carbons (Fsp3) is 0.459. The summed E-state index contributed by atoms with van der Waals surface area (Å²) in [4.78, 5) is 47.1. The second kappa shape index (κ2) is 33.4. The number of anilines is 2. The highest BCUT2D eigenvalue weighted by molar-refractivity contribution is 5.95. The number of fused-ring (bicyclic) bond motifs is 2. The predicted octanol–water partition coefficient (Wildman–Crippen LogP) is 17.0. The van der Waals surface area contributed by atoms with Gasteiger partial charge in [-0.05, 0) is 227 Å². The summed E-state index contributed by atoms with van der Waals surface area (Å²) in [5, 5.41) is 70.8. The van der Waals surface area contributed by atoms with Crippen molar-refractivity contribution in [3.63, 3.8) is 0 Å². The molecule has 0 bridgehead atoms. The Bertz CT molecular complexity index is 3250. The van der Waals surface area contributed by atoms with Gasteiger partial charge in [0, 0.05) is 22.2 Å². The van der Waals surface area contributed by atoms with Crippen molar-refractivity contribution in [2.45, 2.75) is 188 Å². The molecule has 0 fully saturated rings. The molecule has 2 aliphatic rings. The van der Waals surface area contributed by atoms with Gasteiger partial charge in [0.15, 0.2) is 11.5 Å². The zero-order valence-electron chi connectivity index (χ0n) is 56.0. The minimum atomic E-state index is -0.501. The summed E-state index contributed by atoms with van der Waals surface area (Å²) in [6.07, 6.45) is 5.17. The molecule has 15 nitrogen and oxygen atoms in total. The van der Waals surface area contributed by atoms with Gasteiger partial charge in [0.1, 0.15) is 42.0 Å². The van der Waals surface area contributed by atoms with Crippen LogP contribution in [0.1, 0.15) is 193 Å². The SMILES string of the molecule is CC1Cc2c(O)cccc2C1C.CC1Cc2cc(O)ccc2C1C.CCC(C)(C)C(=O)Nc1cc(C)c(O)c(C)c1.CCC(C)(C)C(=O)Nc1ccc(O)cc1.CCC(C)(C)C(=O)OCc1ccc(O)c(O)c1.CCC(C)(C)C(=O)OCc1ccc(O)cc1. The van der Waals surface area contributed by atoms with Crippen LogP contribution in [0.3, 0.4) is 0 Å². The summed E-state index contributed by atoms with van der Waals surface area (Å²) < 4.78 is 10.3. The van der Waals surface area contributed by atoms with Gasteiger partial charge < -0.3 is 55.9 Å². The summed E-state index contributed by atoms with van der Waals surface area (Å²) in [6.45, 7) is 35.9. The van der Waals surface area contributed by atoms with E-state index in [2.05, 4.69) is 50.5 Å². The Morgan fingerprint density at radius 3 is 1.35 bits per heavy atom. The normalized spacial score (nSPS) is 15.5. The lowest BCUT2D eigenvalue weighted by Crippen LogP contribution is -2.30. The first-order chi connectivity index (χ1) is 41.4. The van der Waals surface area contributed by atoms with Gasteiger partial charge in [-0.2, -0.15) is 0 Å². The number of amides is 2. The Kier molecular flexibility index (Phi) is 28.2. The highest BCUT2D eigenvalue weighted by Crippen LogP contribution is 2.41. The third-order valence-electron chi connectivity index (χ3n) is 17.5. The lowest BCUT2D eigenvalue weighted by molar-refractivity contribution is -0.156. The highest BCUT2D eigenvalue weighted by Gasteiger charge is 2.31. The number of hydrogen-bond donors (Lipinski definition) is 9. The van der Waals surface area contributed by atoms with Crippen LogP contribution in [-0.2, 0) is 54.7 Å². The highest BCUT2D eigenvalue weighted by atomic mass is 16.5. The molecule has 8 rings (SSSR count). The van der Waals surface area contributed by atoms with Gasteiger partial charge in [0.25, 0.3) is 0 Å². The summed E-state index contributed by atoms with van der Waals surface area (Å²) in [7, 11) is 0. The van der Waals surface area contributed by atoms with E-state index in [-0.39, 0.29) is 76.5 Å². The first-order valence-electron chi connectivity index (χ1n) is 30.9. The molecule has 9 N–H and O–H groups in total. The Morgan fingerprint density at radius 2 is 0.876 bits per heavy atom. The van der Waals surface area contributed by atoms with Gasteiger partial charge in [-0.1, -0.05) is 119 Å². The molecule has 4 atom stereocenters. The molecule has 4 unspecified atom stereocenters. The first kappa shape index (κ1) is 75.1. The van der Waals surface area contributed by atoms with E-state index in [1.54, 1.807) is 78.9 Å². The Labute approximate surface area is 529 Å². The Morgan fingerprint density at radius 1 is 0.449 bits per heavy atom. The number of phenolic OH excluding ortho intramolecular Hbond substituents is 7. The number of carbonyl (C=O) groups is 4. The average Bonchev–Trinajstić information content (AvgIpc) is 2.43. The van der Waals surface area contributed by atoms with E-state index >= 15 is 0 Å². The maximum atomic E-state index is 12.0. The van der Waals surface area contributed by atoms with Crippen molar-refractivity contribution in [2.75, 3.05) is 10.6 Å². The standard InChI is InChI=1S/C14H21NO2.C13H18O4.C13H18O3.C12H17NO2.2C11H14O/c1-6-14(4,5)13(17)15-11-7-9(2)12(16)10(3)8-11;1-4-13(2,3)12(16)17-8-9-5-6-10(14)11(15)7-9;1-4-13(2,3)12(15)16-9-10-5-7-11(14)8-6-10;1-4-12(2,3)11(15)13-9-5-7-10(14)8-6-9;1-7-5-9-6-10(12)3-4-11(9)8(7)2;1-7-6-10-9(8(7)2)4-3-5-11(10)12/h7-8,16H,6H2,1-5H3,(H,15,17);5-7,14-15H,4,8H2,1-3H3;5-8,14H,4,9H2,1-3H3;5-8,14H,4H2,1-3H3,(H,13,15);3-4,6-8,12H,5H2,1-2H3;3-5,7-8,12H,6H2,1-2H3. The summed E-state index contributed by atoms with van der Waals surface area (Å²) >= 11 is 0. The molecule has 0 radical (unpaired) electrons. The molecule has 15 heteroatoms. The fourth-order valence-corrected chi connectivity index (χ4v) is 8.81. The molecule has 6 aromatic rings. The third kappa shape index (κ3) is 22.7. The monoisotopic (exact) mass is 1230 g/mol. The van der Waals surface area contributed by atoms with Crippen molar-refractivity contribution in [1.29, 1.82) is 0 Å². The summed E-state index contributed by atoms with van der Waals surface area (Å²) in [5.41, 5.74) is 8.08.